The van der Waals surface area contributed by atoms with Crippen LogP contribution in [0.5, 0.6) is 0 Å². The van der Waals surface area contributed by atoms with E-state index < -0.39 is 49.3 Å². The molecule has 14 heteroatoms. The summed E-state index contributed by atoms with van der Waals surface area (Å²) in [7, 11) is -4.67. The SMILES string of the molecule is Nc1c(Nc2ccc(S(=O)(=O)O)cc2C(=O)O)cc(NS(=O)[O-])cc1C(=O)O. The first-order valence-electron chi connectivity index (χ1n) is 7.04. The van der Waals surface area contributed by atoms with Crippen molar-refractivity contribution in [1.29, 1.82) is 0 Å². The Morgan fingerprint density at radius 2 is 1.64 bits per heavy atom. The van der Waals surface area contributed by atoms with E-state index in [1.165, 1.54) is 0 Å². The quantitative estimate of drug-likeness (QED) is 0.205. The zero-order valence-electron chi connectivity index (χ0n) is 13.6. The van der Waals surface area contributed by atoms with E-state index in [0.29, 0.717) is 6.07 Å². The van der Waals surface area contributed by atoms with Gasteiger partial charge in [0.1, 0.15) is 0 Å². The van der Waals surface area contributed by atoms with Gasteiger partial charge in [0.2, 0.25) is 0 Å². The zero-order chi connectivity index (χ0) is 21.2. The molecule has 0 aliphatic rings. The van der Waals surface area contributed by atoms with Crippen molar-refractivity contribution in [2.45, 2.75) is 4.90 Å². The van der Waals surface area contributed by atoms with Crippen LogP contribution in [0.4, 0.5) is 22.7 Å². The Balaban J connectivity index is 2.61. The first-order valence-corrected chi connectivity index (χ1v) is 9.56. The van der Waals surface area contributed by atoms with Gasteiger partial charge in [0.15, 0.2) is 0 Å². The summed E-state index contributed by atoms with van der Waals surface area (Å²) in [6, 6.07) is 4.67. The third kappa shape index (κ3) is 4.74. The average molecular weight is 430 g/mol. The summed E-state index contributed by atoms with van der Waals surface area (Å²) in [6.07, 6.45) is 0. The molecule has 7 N–H and O–H groups in total. The van der Waals surface area contributed by atoms with Gasteiger partial charge in [-0.3, -0.25) is 8.76 Å². The molecule has 2 aromatic carbocycles. The Hall–Kier alpha value is -3.20. The number of aromatic carboxylic acids is 2. The van der Waals surface area contributed by atoms with Gasteiger partial charge in [0.05, 0.1) is 33.1 Å². The summed E-state index contributed by atoms with van der Waals surface area (Å²) >= 11 is -2.77. The van der Waals surface area contributed by atoms with E-state index in [2.05, 4.69) is 5.32 Å². The first kappa shape index (κ1) is 21.1. The molecule has 0 heterocycles. The highest BCUT2D eigenvalue weighted by molar-refractivity contribution is 7.85. The fourth-order valence-corrected chi connectivity index (χ4v) is 3.02. The summed E-state index contributed by atoms with van der Waals surface area (Å²) in [5.74, 6) is -3.03. The molecule has 0 bridgehead atoms. The number of anilines is 4. The Bertz CT molecular complexity index is 1100. The highest BCUT2D eigenvalue weighted by Crippen LogP contribution is 2.32. The minimum atomic E-state index is -4.67. The van der Waals surface area contributed by atoms with Gasteiger partial charge in [-0.15, -0.1) is 0 Å². The van der Waals surface area contributed by atoms with Gasteiger partial charge < -0.3 is 30.5 Å². The molecular formula is C14H12N3O9S2-. The molecule has 2 aromatic rings. The third-order valence-electron chi connectivity index (χ3n) is 3.40. The molecule has 0 aromatic heterocycles. The largest absolute Gasteiger partial charge is 0.755 e. The number of nitrogens with one attached hydrogen (secondary N) is 2. The molecule has 150 valence electrons. The lowest BCUT2D eigenvalue weighted by Crippen LogP contribution is -2.11. The smallest absolute Gasteiger partial charge is 0.337 e. The second-order valence-electron chi connectivity index (χ2n) is 5.24. The van der Waals surface area contributed by atoms with E-state index in [4.69, 9.17) is 10.3 Å². The number of nitrogen functional groups attached to an aromatic ring is 1. The minimum absolute atomic E-state index is 0.157. The van der Waals surface area contributed by atoms with Crippen LogP contribution in [0.2, 0.25) is 0 Å². The van der Waals surface area contributed by atoms with Crippen LogP contribution in [0.15, 0.2) is 35.2 Å². The number of hydrogen-bond acceptors (Lipinski definition) is 8. The second kappa shape index (κ2) is 7.81. The molecule has 0 amide bonds. The second-order valence-corrected chi connectivity index (χ2v) is 7.33. The summed E-state index contributed by atoms with van der Waals surface area (Å²) in [5, 5.41) is 21.0. The molecule has 0 saturated carbocycles. The van der Waals surface area contributed by atoms with Gasteiger partial charge in [-0.05, 0) is 30.3 Å². The molecule has 28 heavy (non-hydrogen) atoms. The number of carboxylic acid groups (broad SMARTS) is 2. The van der Waals surface area contributed by atoms with Gasteiger partial charge in [-0.2, -0.15) is 8.42 Å². The van der Waals surface area contributed by atoms with Gasteiger partial charge >= 0.3 is 11.9 Å². The molecule has 1 unspecified atom stereocenters. The van der Waals surface area contributed by atoms with E-state index in [0.717, 1.165) is 24.3 Å². The maximum Gasteiger partial charge on any atom is 0.337 e. The molecule has 0 aliphatic heterocycles. The predicted octanol–water partition coefficient (Wildman–Crippen LogP) is 0.861. The van der Waals surface area contributed by atoms with Crippen LogP contribution in [0, 0.1) is 0 Å². The lowest BCUT2D eigenvalue weighted by Gasteiger charge is -2.17. The third-order valence-corrected chi connectivity index (χ3v) is 4.65. The van der Waals surface area contributed by atoms with Crippen molar-refractivity contribution in [3.8, 4) is 0 Å². The summed E-state index contributed by atoms with van der Waals surface area (Å²) in [4.78, 5) is 22.1. The molecular weight excluding hydrogens is 418 g/mol. The van der Waals surface area contributed by atoms with Gasteiger partial charge in [0, 0.05) is 17.0 Å². The predicted molar refractivity (Wildman–Crippen MR) is 96.9 cm³/mol. The van der Waals surface area contributed by atoms with Crippen molar-refractivity contribution in [3.05, 3.63) is 41.5 Å². The molecule has 2 rings (SSSR count). The first-order chi connectivity index (χ1) is 12.9. The fraction of sp³-hybridized carbons (Fsp3) is 0. The van der Waals surface area contributed by atoms with E-state index in [1.807, 2.05) is 4.72 Å². The highest BCUT2D eigenvalue weighted by atomic mass is 32.2. The molecule has 0 fully saturated rings. The number of nitrogens with two attached hydrogens (primary N) is 1. The number of benzene rings is 2. The maximum absolute atomic E-state index is 11.4. The van der Waals surface area contributed by atoms with Crippen LogP contribution >= 0.6 is 0 Å². The monoisotopic (exact) mass is 430 g/mol. The molecule has 1 atom stereocenters. The molecule has 12 nitrogen and oxygen atoms in total. The minimum Gasteiger partial charge on any atom is -0.755 e. The van der Waals surface area contributed by atoms with Gasteiger partial charge in [0.25, 0.3) is 10.1 Å². The average Bonchev–Trinajstić information content (AvgIpc) is 2.55. The Labute approximate surface area is 160 Å². The van der Waals surface area contributed by atoms with Crippen LogP contribution in [0.3, 0.4) is 0 Å². The Morgan fingerprint density at radius 1 is 1.04 bits per heavy atom. The van der Waals surface area contributed by atoms with Crippen LogP contribution < -0.4 is 15.8 Å². The van der Waals surface area contributed by atoms with E-state index in [9.17, 15) is 37.0 Å². The van der Waals surface area contributed by atoms with Crippen molar-refractivity contribution in [2.75, 3.05) is 15.8 Å². The molecule has 0 aliphatic carbocycles. The number of carboxylic acids is 2. The van der Waals surface area contributed by atoms with E-state index >= 15 is 0 Å². The van der Waals surface area contributed by atoms with Gasteiger partial charge in [-0.25, -0.2) is 9.59 Å². The highest BCUT2D eigenvalue weighted by Gasteiger charge is 2.19. The molecule has 0 saturated heterocycles. The van der Waals surface area contributed by atoms with Crippen molar-refractivity contribution < 1.29 is 41.5 Å². The molecule has 0 spiro atoms. The van der Waals surface area contributed by atoms with Crippen LogP contribution in [-0.2, 0) is 21.4 Å². The van der Waals surface area contributed by atoms with Crippen molar-refractivity contribution in [3.63, 3.8) is 0 Å². The molecule has 0 radical (unpaired) electrons. The zero-order valence-corrected chi connectivity index (χ0v) is 15.2. The standard InChI is InChI=1S/C14H13N3O9S2/c15-12-9(14(20)21)3-6(17-27(22)23)4-11(12)16-10-2-1-7(28(24,25)26)5-8(10)13(18)19/h1-5,16-17H,15H2,(H,18,19)(H,20,21)(H,22,23)(H,24,25,26)/p-1. The Kier molecular flexibility index (Phi) is 5.89. The van der Waals surface area contributed by atoms with Crippen LogP contribution in [-0.4, -0.2) is 43.9 Å². The van der Waals surface area contributed by atoms with Crippen molar-refractivity contribution in [1.82, 2.24) is 0 Å². The van der Waals surface area contributed by atoms with Gasteiger partial charge in [-0.1, -0.05) is 0 Å². The summed E-state index contributed by atoms with van der Waals surface area (Å²) < 4.78 is 55.0. The van der Waals surface area contributed by atoms with Crippen LogP contribution in [0.1, 0.15) is 20.7 Å². The lowest BCUT2D eigenvalue weighted by atomic mass is 10.1. The normalized spacial score (nSPS) is 12.2. The van der Waals surface area contributed by atoms with Crippen molar-refractivity contribution in [2.24, 2.45) is 0 Å². The number of carbonyl (C=O) groups is 2. The summed E-state index contributed by atoms with van der Waals surface area (Å²) in [6.45, 7) is 0. The summed E-state index contributed by atoms with van der Waals surface area (Å²) in [5.41, 5.74) is 3.86. The van der Waals surface area contributed by atoms with E-state index in [1.54, 1.807) is 0 Å². The Morgan fingerprint density at radius 3 is 2.14 bits per heavy atom. The van der Waals surface area contributed by atoms with Crippen molar-refractivity contribution >= 4 is 56.1 Å². The fourth-order valence-electron chi connectivity index (χ4n) is 2.20. The van der Waals surface area contributed by atoms with Crippen LogP contribution in [0.25, 0.3) is 0 Å². The number of hydrogen-bond donors (Lipinski definition) is 6. The van der Waals surface area contributed by atoms with E-state index in [-0.39, 0.29) is 22.7 Å². The topological polar surface area (TPSA) is 219 Å². The maximum atomic E-state index is 11.4. The lowest BCUT2D eigenvalue weighted by molar-refractivity contribution is 0.0686. The number of rotatable bonds is 7.